The molecule has 0 spiro atoms. The number of hydrogen-bond donors (Lipinski definition) is 0. The second-order valence-electron chi connectivity index (χ2n) is 4.24. The third-order valence-corrected chi connectivity index (χ3v) is 2.98. The van der Waals surface area contributed by atoms with Gasteiger partial charge in [-0.3, -0.25) is 4.79 Å². The monoisotopic (exact) mass is 246 g/mol. The minimum absolute atomic E-state index is 0.0895. The maximum Gasteiger partial charge on any atom is 0.358 e. The number of ether oxygens (including phenoxy) is 2. The highest BCUT2D eigenvalue weighted by molar-refractivity contribution is 6.19. The third kappa shape index (κ3) is 1.61. The first kappa shape index (κ1) is 12.4. The molecule has 94 valence electrons. The lowest BCUT2D eigenvalue weighted by atomic mass is 9.91. The number of carbonyl (C=O) groups is 2. The summed E-state index contributed by atoms with van der Waals surface area (Å²) < 4.78 is 10.2. The lowest BCUT2D eigenvalue weighted by molar-refractivity contribution is -0.153. The van der Waals surface area contributed by atoms with Crippen LogP contribution < -0.4 is 4.74 Å². The van der Waals surface area contributed by atoms with Crippen molar-refractivity contribution in [3.8, 4) is 5.75 Å². The number of aryl methyl sites for hydroxylation is 1. The Kier molecular flexibility index (Phi) is 2.95. The van der Waals surface area contributed by atoms with Crippen LogP contribution in [0.15, 0.2) is 30.9 Å². The number of carbonyl (C=O) groups excluding carboxylic acids is 2. The van der Waals surface area contributed by atoms with Crippen LogP contribution in [0, 0.1) is 6.92 Å². The van der Waals surface area contributed by atoms with Crippen LogP contribution in [0.4, 0.5) is 0 Å². The Morgan fingerprint density at radius 2 is 2.28 bits per heavy atom. The molecule has 1 aromatic carbocycles. The second-order valence-corrected chi connectivity index (χ2v) is 4.24. The van der Waals surface area contributed by atoms with Gasteiger partial charge in [-0.15, -0.1) is 6.58 Å². The average Bonchev–Trinajstić information content (AvgIpc) is 2.64. The molecule has 0 saturated heterocycles. The van der Waals surface area contributed by atoms with Gasteiger partial charge in [-0.05, 0) is 19.1 Å². The second kappa shape index (κ2) is 4.29. The summed E-state index contributed by atoms with van der Waals surface area (Å²) in [5.41, 5.74) is -0.251. The molecule has 0 fully saturated rings. The van der Waals surface area contributed by atoms with Gasteiger partial charge >= 0.3 is 5.97 Å². The Hall–Kier alpha value is -2.10. The Bertz CT molecular complexity index is 533. The van der Waals surface area contributed by atoms with E-state index in [0.717, 1.165) is 5.56 Å². The van der Waals surface area contributed by atoms with Gasteiger partial charge in [-0.1, -0.05) is 17.7 Å². The van der Waals surface area contributed by atoms with Gasteiger partial charge in [0.2, 0.25) is 5.78 Å². The number of Topliss-reactive ketones (excluding diaryl/α,β-unsaturated/α-hetero) is 1. The van der Waals surface area contributed by atoms with Gasteiger partial charge in [0.15, 0.2) is 0 Å². The van der Waals surface area contributed by atoms with E-state index < -0.39 is 11.6 Å². The molecule has 0 amide bonds. The number of rotatable bonds is 3. The van der Waals surface area contributed by atoms with Crippen molar-refractivity contribution in [2.75, 3.05) is 7.11 Å². The zero-order chi connectivity index (χ0) is 13.3. The summed E-state index contributed by atoms with van der Waals surface area (Å²) in [4.78, 5) is 24.3. The molecule has 0 aliphatic carbocycles. The zero-order valence-electron chi connectivity index (χ0n) is 10.4. The van der Waals surface area contributed by atoms with Gasteiger partial charge in [0.1, 0.15) is 5.75 Å². The van der Waals surface area contributed by atoms with Crippen LogP contribution in [0.5, 0.6) is 5.75 Å². The molecule has 1 aliphatic rings. The molecule has 4 nitrogen and oxygen atoms in total. The average molecular weight is 246 g/mol. The molecule has 1 heterocycles. The molecule has 0 saturated carbocycles. The topological polar surface area (TPSA) is 52.6 Å². The minimum atomic E-state index is -1.60. The molecule has 0 bridgehead atoms. The molecule has 0 radical (unpaired) electrons. The van der Waals surface area contributed by atoms with Crippen molar-refractivity contribution in [1.29, 1.82) is 0 Å². The number of fused-ring (bicyclic) bond motifs is 1. The molecule has 1 aliphatic heterocycles. The standard InChI is InChI=1S/C14H14O4/c1-4-7-14(13(16)17-3)12(15)10-8-9(2)5-6-11(10)18-14/h4-6,8H,1,7H2,2-3H3. The summed E-state index contributed by atoms with van der Waals surface area (Å²) >= 11 is 0. The van der Waals surface area contributed by atoms with Crippen molar-refractivity contribution in [1.82, 2.24) is 0 Å². The van der Waals surface area contributed by atoms with Gasteiger partial charge in [0.25, 0.3) is 5.60 Å². The predicted molar refractivity (Wildman–Crippen MR) is 65.7 cm³/mol. The van der Waals surface area contributed by atoms with Gasteiger partial charge in [0.05, 0.1) is 12.7 Å². The molecule has 4 heteroatoms. The van der Waals surface area contributed by atoms with Crippen LogP contribution in [-0.2, 0) is 9.53 Å². The summed E-state index contributed by atoms with van der Waals surface area (Å²) in [5.74, 6) is -0.646. The Morgan fingerprint density at radius 1 is 1.56 bits per heavy atom. The van der Waals surface area contributed by atoms with Crippen molar-refractivity contribution in [3.05, 3.63) is 42.0 Å². The van der Waals surface area contributed by atoms with E-state index in [-0.39, 0.29) is 12.2 Å². The van der Waals surface area contributed by atoms with E-state index in [4.69, 9.17) is 4.74 Å². The van der Waals surface area contributed by atoms with E-state index in [1.54, 1.807) is 12.1 Å². The van der Waals surface area contributed by atoms with Gasteiger partial charge in [0, 0.05) is 6.42 Å². The van der Waals surface area contributed by atoms with Crippen LogP contribution >= 0.6 is 0 Å². The van der Waals surface area contributed by atoms with Crippen molar-refractivity contribution < 1.29 is 19.1 Å². The maximum atomic E-state index is 12.4. The largest absolute Gasteiger partial charge is 0.466 e. The summed E-state index contributed by atoms with van der Waals surface area (Å²) in [6.07, 6.45) is 1.57. The first-order valence-corrected chi connectivity index (χ1v) is 5.59. The summed E-state index contributed by atoms with van der Waals surface area (Å²) in [6, 6.07) is 5.23. The highest BCUT2D eigenvalue weighted by Crippen LogP contribution is 2.38. The number of esters is 1. The fraction of sp³-hybridized carbons (Fsp3) is 0.286. The van der Waals surface area contributed by atoms with E-state index in [0.29, 0.717) is 11.3 Å². The minimum Gasteiger partial charge on any atom is -0.466 e. The van der Waals surface area contributed by atoms with Crippen molar-refractivity contribution in [2.45, 2.75) is 18.9 Å². The maximum absolute atomic E-state index is 12.4. The number of ketones is 1. The van der Waals surface area contributed by atoms with Crippen LogP contribution in [0.3, 0.4) is 0 Å². The molecular weight excluding hydrogens is 232 g/mol. The fourth-order valence-electron chi connectivity index (χ4n) is 2.08. The predicted octanol–water partition coefficient (Wildman–Crippen LogP) is 2.06. The number of methoxy groups -OCH3 is 1. The molecule has 1 atom stereocenters. The van der Waals surface area contributed by atoms with Crippen LogP contribution in [0.25, 0.3) is 0 Å². The smallest absolute Gasteiger partial charge is 0.358 e. The SMILES string of the molecule is C=CCC1(C(=O)OC)Oc2ccc(C)cc2C1=O. The van der Waals surface area contributed by atoms with Crippen LogP contribution in [-0.4, -0.2) is 24.5 Å². The van der Waals surface area contributed by atoms with E-state index in [1.165, 1.54) is 13.2 Å². The van der Waals surface area contributed by atoms with Crippen molar-refractivity contribution in [3.63, 3.8) is 0 Å². The lowest BCUT2D eigenvalue weighted by Gasteiger charge is -2.22. The first-order chi connectivity index (χ1) is 8.55. The van der Waals surface area contributed by atoms with Gasteiger partial charge < -0.3 is 9.47 Å². The highest BCUT2D eigenvalue weighted by Gasteiger charge is 2.54. The third-order valence-electron chi connectivity index (χ3n) is 2.98. The molecule has 0 N–H and O–H groups in total. The fourth-order valence-corrected chi connectivity index (χ4v) is 2.08. The van der Waals surface area contributed by atoms with Crippen LogP contribution in [0.2, 0.25) is 0 Å². The Labute approximate surface area is 105 Å². The normalized spacial score (nSPS) is 21.1. The van der Waals surface area contributed by atoms with Gasteiger partial charge in [-0.2, -0.15) is 0 Å². The summed E-state index contributed by atoms with van der Waals surface area (Å²) in [7, 11) is 1.23. The molecular formula is C14H14O4. The molecule has 1 unspecified atom stereocenters. The molecule has 0 aromatic heterocycles. The van der Waals surface area contributed by atoms with E-state index >= 15 is 0 Å². The first-order valence-electron chi connectivity index (χ1n) is 5.59. The van der Waals surface area contributed by atoms with E-state index in [9.17, 15) is 9.59 Å². The lowest BCUT2D eigenvalue weighted by Crippen LogP contribution is -2.48. The number of hydrogen-bond acceptors (Lipinski definition) is 4. The van der Waals surface area contributed by atoms with E-state index in [2.05, 4.69) is 11.3 Å². The van der Waals surface area contributed by atoms with Gasteiger partial charge in [-0.25, -0.2) is 4.79 Å². The highest BCUT2D eigenvalue weighted by atomic mass is 16.6. The Morgan fingerprint density at radius 3 is 2.89 bits per heavy atom. The van der Waals surface area contributed by atoms with Crippen molar-refractivity contribution >= 4 is 11.8 Å². The zero-order valence-corrected chi connectivity index (χ0v) is 10.4. The van der Waals surface area contributed by atoms with Crippen molar-refractivity contribution in [2.24, 2.45) is 0 Å². The molecule has 18 heavy (non-hydrogen) atoms. The van der Waals surface area contributed by atoms with E-state index in [1.807, 2.05) is 13.0 Å². The Balaban J connectivity index is 2.52. The molecule has 1 aromatic rings. The summed E-state index contributed by atoms with van der Waals surface area (Å²) in [6.45, 7) is 5.43. The molecule has 2 rings (SSSR count). The quantitative estimate of drug-likeness (QED) is 0.465. The number of benzene rings is 1. The summed E-state index contributed by atoms with van der Waals surface area (Å²) in [5, 5.41) is 0. The van der Waals surface area contributed by atoms with Crippen LogP contribution in [0.1, 0.15) is 22.3 Å².